The van der Waals surface area contributed by atoms with Crippen molar-refractivity contribution in [3.8, 4) is 0 Å². The van der Waals surface area contributed by atoms with Crippen molar-refractivity contribution in [1.29, 1.82) is 0 Å². The Bertz CT molecular complexity index is 177. The van der Waals surface area contributed by atoms with Crippen molar-refractivity contribution in [2.24, 2.45) is 0 Å². The summed E-state index contributed by atoms with van der Waals surface area (Å²) >= 11 is 0. The summed E-state index contributed by atoms with van der Waals surface area (Å²) in [4.78, 5) is 14.5. The molecule has 6 nitrogen and oxygen atoms in total. The molecule has 0 aliphatic heterocycles. The quantitative estimate of drug-likeness (QED) is 0.184. The lowest BCUT2D eigenvalue weighted by Gasteiger charge is -2.04. The van der Waals surface area contributed by atoms with Crippen molar-refractivity contribution >= 4 is 6.72 Å². The molecule has 0 rings (SSSR count). The number of rotatable bonds is 10. The zero-order valence-corrected chi connectivity index (χ0v) is 8.89. The van der Waals surface area contributed by atoms with Crippen molar-refractivity contribution in [2.45, 2.75) is 38.5 Å². The van der Waals surface area contributed by atoms with Gasteiger partial charge in [-0.15, -0.1) is 0 Å². The highest BCUT2D eigenvalue weighted by atomic mass is 16.9. The van der Waals surface area contributed by atoms with Gasteiger partial charge in [-0.3, -0.25) is 15.3 Å². The molecule has 0 saturated carbocycles. The summed E-state index contributed by atoms with van der Waals surface area (Å²) in [6.07, 6.45) is 5.37. The fraction of sp³-hybridized carbons (Fsp3) is 0.889. The van der Waals surface area contributed by atoms with E-state index in [-0.39, 0.29) is 16.4 Å². The molecule has 88 valence electrons. The van der Waals surface area contributed by atoms with Gasteiger partial charge >= 0.3 is 0 Å². The van der Waals surface area contributed by atoms with Crippen molar-refractivity contribution in [3.63, 3.8) is 0 Å². The van der Waals surface area contributed by atoms with E-state index in [2.05, 4.69) is 11.6 Å². The third-order valence-corrected chi connectivity index (χ3v) is 1.97. The second kappa shape index (κ2) is 9.23. The van der Waals surface area contributed by atoms with Crippen LogP contribution in [-0.4, -0.2) is 29.7 Å². The van der Waals surface area contributed by atoms with Gasteiger partial charge in [-0.05, 0) is 12.8 Å². The second-order valence-electron chi connectivity index (χ2n) is 3.34. The molecule has 0 fully saturated rings. The monoisotopic (exact) mass is 218 g/mol. The van der Waals surface area contributed by atoms with Gasteiger partial charge in [0.25, 0.3) is 0 Å². The minimum absolute atomic E-state index is 0.0652. The van der Waals surface area contributed by atoms with E-state index >= 15 is 0 Å². The maximum absolute atomic E-state index is 10.2. The molecule has 0 aliphatic rings. The molecule has 0 aromatic heterocycles. The number of hydrogen-bond donors (Lipinski definition) is 0. The third-order valence-electron chi connectivity index (χ3n) is 1.97. The van der Waals surface area contributed by atoms with Crippen LogP contribution in [-0.2, 0) is 4.84 Å². The topological polar surface area (TPSA) is 78.4 Å². The number of unbranched alkanes of at least 4 members (excludes halogenated alkanes) is 5. The smallest absolute Gasteiger partial charge is 0.203 e. The Hall–Kier alpha value is -1.33. The Balaban J connectivity index is 2.99. The Kier molecular flexibility index (Phi) is 8.42. The molecule has 0 aromatic rings. The Morgan fingerprint density at radius 1 is 1.00 bits per heavy atom. The summed E-state index contributed by atoms with van der Waals surface area (Å²) in [5, 5.41) is 20.2. The standard InChI is InChI=1S/C9H18N2O4/c1-10(12)15-9-7-5-3-2-4-6-8-11(13)14/h1-9H2. The number of nitrogens with zero attached hydrogens (tertiary/aromatic N) is 2. The van der Waals surface area contributed by atoms with Crippen LogP contribution in [0.5, 0.6) is 0 Å². The molecule has 0 atom stereocenters. The molecule has 6 heteroatoms. The fourth-order valence-electron chi connectivity index (χ4n) is 1.22. The first-order valence-electron chi connectivity index (χ1n) is 5.15. The summed E-state index contributed by atoms with van der Waals surface area (Å²) in [5.41, 5.74) is 0. The lowest BCUT2D eigenvalue weighted by molar-refractivity contribution is -0.735. The minimum atomic E-state index is -0.287. The lowest BCUT2D eigenvalue weighted by Crippen LogP contribution is -2.03. The molecule has 0 spiro atoms. The predicted octanol–water partition coefficient (Wildman–Crippen LogP) is 1.75. The van der Waals surface area contributed by atoms with E-state index in [0.29, 0.717) is 13.0 Å². The fourth-order valence-corrected chi connectivity index (χ4v) is 1.22. The average molecular weight is 218 g/mol. The molecule has 15 heavy (non-hydrogen) atoms. The third kappa shape index (κ3) is 12.7. The Morgan fingerprint density at radius 2 is 1.53 bits per heavy atom. The van der Waals surface area contributed by atoms with Crippen LogP contribution in [0.2, 0.25) is 0 Å². The van der Waals surface area contributed by atoms with E-state index in [1.54, 1.807) is 0 Å². The van der Waals surface area contributed by atoms with Gasteiger partial charge in [-0.1, -0.05) is 19.3 Å². The zero-order valence-electron chi connectivity index (χ0n) is 8.89. The summed E-state index contributed by atoms with van der Waals surface area (Å²) in [5.74, 6) is 0. The summed E-state index contributed by atoms with van der Waals surface area (Å²) in [6, 6.07) is 0. The van der Waals surface area contributed by atoms with E-state index in [1.807, 2.05) is 0 Å². The van der Waals surface area contributed by atoms with E-state index in [4.69, 9.17) is 0 Å². The zero-order chi connectivity index (χ0) is 11.5. The van der Waals surface area contributed by atoms with Crippen molar-refractivity contribution < 1.29 is 14.7 Å². The van der Waals surface area contributed by atoms with E-state index < -0.39 is 0 Å². The SMILES string of the molecule is C=[N+]([O-])OCCCCCCCC[N+](=O)[O-]. The molecule has 0 N–H and O–H groups in total. The maximum atomic E-state index is 10.2. The highest BCUT2D eigenvalue weighted by Gasteiger charge is 1.96. The van der Waals surface area contributed by atoms with Gasteiger partial charge in [0.2, 0.25) is 6.54 Å². The molecule has 0 aliphatic carbocycles. The van der Waals surface area contributed by atoms with Crippen LogP contribution in [0.4, 0.5) is 0 Å². The van der Waals surface area contributed by atoms with Gasteiger partial charge in [0.1, 0.15) is 0 Å². The Labute approximate surface area is 89.2 Å². The van der Waals surface area contributed by atoms with Gasteiger partial charge in [-0.2, -0.15) is 0 Å². The molecule has 0 saturated heterocycles. The first-order valence-corrected chi connectivity index (χ1v) is 5.15. The normalized spacial score (nSPS) is 9.87. The van der Waals surface area contributed by atoms with Gasteiger partial charge in [-0.25, -0.2) is 0 Å². The summed E-state index contributed by atoms with van der Waals surface area (Å²) in [6.45, 7) is 3.46. The van der Waals surface area contributed by atoms with Crippen LogP contribution in [0.1, 0.15) is 38.5 Å². The number of hydrogen-bond acceptors (Lipinski definition) is 4. The second-order valence-corrected chi connectivity index (χ2v) is 3.34. The largest absolute Gasteiger partial charge is 0.404 e. The van der Waals surface area contributed by atoms with Crippen LogP contribution in [0.25, 0.3) is 0 Å². The molecule has 0 aromatic carbocycles. The van der Waals surface area contributed by atoms with Gasteiger partial charge in [0.05, 0.1) is 6.61 Å². The van der Waals surface area contributed by atoms with Crippen LogP contribution >= 0.6 is 0 Å². The van der Waals surface area contributed by atoms with E-state index in [0.717, 1.165) is 32.1 Å². The van der Waals surface area contributed by atoms with Crippen LogP contribution < -0.4 is 0 Å². The molecular formula is C9H18N2O4. The van der Waals surface area contributed by atoms with Crippen molar-refractivity contribution in [3.05, 3.63) is 15.3 Å². The Morgan fingerprint density at radius 3 is 2.07 bits per heavy atom. The lowest BCUT2D eigenvalue weighted by atomic mass is 10.1. The van der Waals surface area contributed by atoms with Crippen LogP contribution in [0.15, 0.2) is 0 Å². The molecular weight excluding hydrogens is 200 g/mol. The van der Waals surface area contributed by atoms with Crippen molar-refractivity contribution in [1.82, 2.24) is 0 Å². The molecule has 0 unspecified atom stereocenters. The van der Waals surface area contributed by atoms with E-state index in [1.165, 1.54) is 0 Å². The highest BCUT2D eigenvalue weighted by molar-refractivity contribution is 5.13. The molecule has 0 heterocycles. The predicted molar refractivity (Wildman–Crippen MR) is 56.3 cm³/mol. The van der Waals surface area contributed by atoms with Crippen LogP contribution in [0, 0.1) is 15.3 Å². The first-order chi connectivity index (χ1) is 7.13. The van der Waals surface area contributed by atoms with Gasteiger partial charge in [0, 0.05) is 16.2 Å². The molecule has 0 amide bonds. The first kappa shape index (κ1) is 13.7. The highest BCUT2D eigenvalue weighted by Crippen LogP contribution is 2.05. The summed E-state index contributed by atoms with van der Waals surface area (Å²) < 4.78 is 0. The van der Waals surface area contributed by atoms with Crippen molar-refractivity contribution in [2.75, 3.05) is 13.2 Å². The molecule has 0 bridgehead atoms. The van der Waals surface area contributed by atoms with Gasteiger partial charge in [0.15, 0.2) is 6.72 Å². The van der Waals surface area contributed by atoms with E-state index in [9.17, 15) is 15.3 Å². The number of nitro groups is 1. The average Bonchev–Trinajstić information content (AvgIpc) is 2.14. The maximum Gasteiger partial charge on any atom is 0.203 e. The minimum Gasteiger partial charge on any atom is -0.404 e. The summed E-state index contributed by atoms with van der Waals surface area (Å²) in [7, 11) is 0. The van der Waals surface area contributed by atoms with Gasteiger partial charge < -0.3 is 4.84 Å². The van der Waals surface area contributed by atoms with Crippen LogP contribution in [0.3, 0.4) is 0 Å². The molecule has 0 radical (unpaired) electrons.